The molecular weight excluding hydrogens is 284 g/mol. The van der Waals surface area contributed by atoms with E-state index in [0.717, 1.165) is 52.6 Å². The highest BCUT2D eigenvalue weighted by molar-refractivity contribution is 6.15. The molecule has 0 N–H and O–H groups in total. The zero-order valence-electron chi connectivity index (χ0n) is 14.0. The predicted molar refractivity (Wildman–Crippen MR) is 97.2 cm³/mol. The maximum absolute atomic E-state index is 6.09. The Kier molecular flexibility index (Phi) is 4.28. The third-order valence-electron chi connectivity index (χ3n) is 4.12. The minimum Gasteiger partial charge on any atom is -0.437 e. The summed E-state index contributed by atoms with van der Waals surface area (Å²) in [4.78, 5) is 9.02. The fourth-order valence-corrected chi connectivity index (χ4v) is 2.96. The van der Waals surface area contributed by atoms with Gasteiger partial charge >= 0.3 is 0 Å². The van der Waals surface area contributed by atoms with E-state index in [-0.39, 0.29) is 0 Å². The van der Waals surface area contributed by atoms with Gasteiger partial charge in [0, 0.05) is 33.9 Å². The molecule has 0 atom stereocenters. The molecule has 0 aliphatic rings. The number of hydrogen-bond acceptors (Lipinski definition) is 3. The van der Waals surface area contributed by atoms with Gasteiger partial charge in [-0.1, -0.05) is 39.0 Å². The first kappa shape index (κ1) is 15.5. The molecular formula is C20H22N2O. The molecule has 2 aromatic heterocycles. The lowest BCUT2D eigenvalue weighted by Gasteiger charge is -2.10. The van der Waals surface area contributed by atoms with Crippen LogP contribution in [0.2, 0.25) is 0 Å². The van der Waals surface area contributed by atoms with Gasteiger partial charge in [-0.2, -0.15) is 0 Å². The smallest absolute Gasteiger partial charge is 0.227 e. The minimum atomic E-state index is 0.680. The molecule has 3 aromatic rings. The normalized spacial score (nSPS) is 12.2. The van der Waals surface area contributed by atoms with Crippen LogP contribution < -0.4 is 0 Å². The van der Waals surface area contributed by atoms with Crippen LogP contribution in [0, 0.1) is 0 Å². The van der Waals surface area contributed by atoms with E-state index >= 15 is 0 Å². The van der Waals surface area contributed by atoms with E-state index in [1.165, 1.54) is 5.56 Å². The van der Waals surface area contributed by atoms with Crippen LogP contribution in [0.4, 0.5) is 0 Å². The van der Waals surface area contributed by atoms with Gasteiger partial charge < -0.3 is 4.42 Å². The van der Waals surface area contributed by atoms with Crippen molar-refractivity contribution in [1.29, 1.82) is 0 Å². The maximum Gasteiger partial charge on any atom is 0.227 e. The minimum absolute atomic E-state index is 0.680. The topological polar surface area (TPSA) is 38.4 Å². The molecule has 0 spiro atoms. The number of aryl methyl sites for hydroxylation is 1. The second kappa shape index (κ2) is 6.37. The van der Waals surface area contributed by atoms with E-state index in [2.05, 4.69) is 48.6 Å². The average Bonchev–Trinajstić information content (AvgIpc) is 2.93. The molecule has 0 amide bonds. The number of allylic oxidation sites excluding steroid dienone is 1. The number of rotatable bonds is 5. The molecule has 23 heavy (non-hydrogen) atoms. The van der Waals surface area contributed by atoms with Gasteiger partial charge in [0.05, 0.1) is 0 Å². The van der Waals surface area contributed by atoms with Crippen molar-refractivity contribution in [3.8, 4) is 0 Å². The van der Waals surface area contributed by atoms with Gasteiger partial charge in [0.25, 0.3) is 0 Å². The number of furan rings is 1. The summed E-state index contributed by atoms with van der Waals surface area (Å²) in [7, 11) is 0. The first-order valence-corrected chi connectivity index (χ1v) is 8.18. The molecule has 0 fully saturated rings. The quantitative estimate of drug-likeness (QED) is 0.570. The monoisotopic (exact) mass is 306 g/mol. The second-order valence-electron chi connectivity index (χ2n) is 5.80. The van der Waals surface area contributed by atoms with Crippen molar-refractivity contribution in [2.75, 3.05) is 0 Å². The third-order valence-corrected chi connectivity index (χ3v) is 4.12. The van der Waals surface area contributed by atoms with E-state index in [9.17, 15) is 0 Å². The van der Waals surface area contributed by atoms with Crippen LogP contribution >= 0.6 is 0 Å². The molecule has 0 saturated carbocycles. The number of nitrogens with zero attached hydrogens (tertiary/aromatic N) is 2. The highest BCUT2D eigenvalue weighted by Gasteiger charge is 2.17. The van der Waals surface area contributed by atoms with Gasteiger partial charge in [-0.25, -0.2) is 4.98 Å². The maximum atomic E-state index is 6.09. The zero-order chi connectivity index (χ0) is 16.4. The lowest BCUT2D eigenvalue weighted by molar-refractivity contribution is 0.652. The van der Waals surface area contributed by atoms with Gasteiger partial charge in [-0.05, 0) is 37.5 Å². The van der Waals surface area contributed by atoms with Gasteiger partial charge in [0.2, 0.25) is 5.71 Å². The van der Waals surface area contributed by atoms with E-state index in [1.807, 2.05) is 13.0 Å². The Bertz CT molecular complexity index is 903. The average molecular weight is 306 g/mol. The van der Waals surface area contributed by atoms with Crippen molar-refractivity contribution < 1.29 is 4.42 Å². The SMILES string of the molecule is C=C(CC)N=C(C)c1c(CCC)ccc2c1oc1ncccc12. The second-order valence-corrected chi connectivity index (χ2v) is 5.80. The van der Waals surface area contributed by atoms with Crippen LogP contribution in [0.1, 0.15) is 44.7 Å². The van der Waals surface area contributed by atoms with Crippen molar-refractivity contribution in [2.45, 2.75) is 40.0 Å². The summed E-state index contributed by atoms with van der Waals surface area (Å²) < 4.78 is 6.09. The highest BCUT2D eigenvalue weighted by Crippen LogP contribution is 2.32. The molecule has 2 heterocycles. The molecule has 0 saturated heterocycles. The van der Waals surface area contributed by atoms with Crippen LogP contribution in [0.15, 0.2) is 52.1 Å². The van der Waals surface area contributed by atoms with Crippen LogP contribution in [-0.2, 0) is 6.42 Å². The standard InChI is InChI=1S/C20H22N2O/c1-5-8-15-10-11-16-17-9-7-12-21-20(17)23-19(16)18(15)14(4)22-13(3)6-2/h7,9-12H,3,5-6,8H2,1-2,4H3. The van der Waals surface area contributed by atoms with Crippen molar-refractivity contribution >= 4 is 27.8 Å². The van der Waals surface area contributed by atoms with Crippen LogP contribution in [0.5, 0.6) is 0 Å². The largest absolute Gasteiger partial charge is 0.437 e. The summed E-state index contributed by atoms with van der Waals surface area (Å²) in [6.07, 6.45) is 4.69. The number of fused-ring (bicyclic) bond motifs is 3. The number of benzene rings is 1. The van der Waals surface area contributed by atoms with Gasteiger partial charge in [0.15, 0.2) is 0 Å². The van der Waals surface area contributed by atoms with E-state index < -0.39 is 0 Å². The molecule has 118 valence electrons. The zero-order valence-corrected chi connectivity index (χ0v) is 14.0. The number of hydrogen-bond donors (Lipinski definition) is 0. The van der Waals surface area contributed by atoms with Crippen molar-refractivity contribution in [3.63, 3.8) is 0 Å². The summed E-state index contributed by atoms with van der Waals surface area (Å²) in [5.41, 5.74) is 5.77. The number of aromatic nitrogens is 1. The Hall–Kier alpha value is -2.42. The van der Waals surface area contributed by atoms with Crippen LogP contribution in [0.3, 0.4) is 0 Å². The van der Waals surface area contributed by atoms with E-state index in [4.69, 9.17) is 4.42 Å². The Balaban J connectivity index is 2.32. The Morgan fingerprint density at radius 3 is 2.78 bits per heavy atom. The van der Waals surface area contributed by atoms with E-state index in [1.54, 1.807) is 6.20 Å². The van der Waals surface area contributed by atoms with Crippen molar-refractivity contribution in [2.24, 2.45) is 4.99 Å². The van der Waals surface area contributed by atoms with Gasteiger partial charge in [0.1, 0.15) is 5.58 Å². The molecule has 3 nitrogen and oxygen atoms in total. The molecule has 0 unspecified atom stereocenters. The fourth-order valence-electron chi connectivity index (χ4n) is 2.96. The Morgan fingerprint density at radius 1 is 1.22 bits per heavy atom. The van der Waals surface area contributed by atoms with Gasteiger partial charge in [-0.3, -0.25) is 4.99 Å². The van der Waals surface area contributed by atoms with Crippen molar-refractivity contribution in [3.05, 3.63) is 53.9 Å². The number of pyridine rings is 1. The Labute approximate surface area is 136 Å². The van der Waals surface area contributed by atoms with Gasteiger partial charge in [-0.15, -0.1) is 0 Å². The summed E-state index contributed by atoms with van der Waals surface area (Å²) in [6.45, 7) is 10.3. The molecule has 0 bridgehead atoms. The summed E-state index contributed by atoms with van der Waals surface area (Å²) >= 11 is 0. The molecule has 0 aliphatic heterocycles. The third kappa shape index (κ3) is 2.79. The summed E-state index contributed by atoms with van der Waals surface area (Å²) in [5.74, 6) is 0. The lowest BCUT2D eigenvalue weighted by Crippen LogP contribution is -2.02. The molecule has 0 radical (unpaired) electrons. The molecule has 0 aliphatic carbocycles. The first-order valence-electron chi connectivity index (χ1n) is 8.18. The summed E-state index contributed by atoms with van der Waals surface area (Å²) in [5, 5.41) is 2.15. The molecule has 3 heteroatoms. The molecule has 1 aromatic carbocycles. The predicted octanol–water partition coefficient (Wildman–Crippen LogP) is 5.67. The lowest BCUT2D eigenvalue weighted by atomic mass is 9.97. The molecule has 3 rings (SSSR count). The highest BCUT2D eigenvalue weighted by atomic mass is 16.3. The summed E-state index contributed by atoms with van der Waals surface area (Å²) in [6, 6.07) is 8.32. The van der Waals surface area contributed by atoms with Crippen LogP contribution in [0.25, 0.3) is 22.1 Å². The van der Waals surface area contributed by atoms with Crippen molar-refractivity contribution in [1.82, 2.24) is 4.98 Å². The number of aliphatic imine (C=N–C) groups is 1. The van der Waals surface area contributed by atoms with Crippen LogP contribution in [-0.4, -0.2) is 10.7 Å². The first-order chi connectivity index (χ1) is 11.2. The van der Waals surface area contributed by atoms with E-state index in [0.29, 0.717) is 5.71 Å². The fraction of sp³-hybridized carbons (Fsp3) is 0.300. The Morgan fingerprint density at radius 2 is 2.04 bits per heavy atom.